The van der Waals surface area contributed by atoms with Crippen LogP contribution in [0.5, 0.6) is 0 Å². The van der Waals surface area contributed by atoms with Gasteiger partial charge in [0.05, 0.1) is 37.1 Å². The number of rotatable bonds is 3. The normalized spacial score (nSPS) is 24.2. The first-order valence-corrected chi connectivity index (χ1v) is 6.78. The average Bonchev–Trinajstić information content (AvgIpc) is 2.47. The van der Waals surface area contributed by atoms with Crippen LogP contribution in [0.1, 0.15) is 31.1 Å². The van der Waals surface area contributed by atoms with Crippen LogP contribution >= 0.6 is 0 Å². The van der Waals surface area contributed by atoms with Crippen LogP contribution in [0, 0.1) is 11.3 Å². The minimum atomic E-state index is -0.611. The van der Waals surface area contributed by atoms with Crippen molar-refractivity contribution < 1.29 is 14.9 Å². The van der Waals surface area contributed by atoms with E-state index < -0.39 is 6.10 Å². The van der Waals surface area contributed by atoms with Gasteiger partial charge in [0.1, 0.15) is 0 Å². The minimum absolute atomic E-state index is 0.0365. The second-order valence-corrected chi connectivity index (χ2v) is 5.20. The van der Waals surface area contributed by atoms with Gasteiger partial charge in [0, 0.05) is 23.8 Å². The molecule has 0 radical (unpaired) electrons. The molecule has 3 atom stereocenters. The lowest BCUT2D eigenvalue weighted by atomic mass is 10.0. The number of aliphatic hydroxyl groups is 2. The highest BCUT2D eigenvalue weighted by molar-refractivity contribution is 5.59. The smallest absolute Gasteiger partial charge is 0.0992 e. The molecular formula is C15H20N2O3. The van der Waals surface area contributed by atoms with Gasteiger partial charge in [-0.3, -0.25) is 0 Å². The van der Waals surface area contributed by atoms with Crippen LogP contribution in [0.25, 0.3) is 0 Å². The third-order valence-corrected chi connectivity index (χ3v) is 3.63. The fraction of sp³-hybridized carbons (Fsp3) is 0.533. The van der Waals surface area contributed by atoms with Crippen molar-refractivity contribution in [2.24, 2.45) is 0 Å². The number of hydrogen-bond acceptors (Lipinski definition) is 5. The number of anilines is 1. The molecule has 0 aliphatic carbocycles. The number of morpholine rings is 1. The Labute approximate surface area is 119 Å². The highest BCUT2D eigenvalue weighted by Gasteiger charge is 2.28. The Morgan fingerprint density at radius 3 is 2.90 bits per heavy atom. The molecule has 2 rings (SSSR count). The van der Waals surface area contributed by atoms with Crippen molar-refractivity contribution in [3.63, 3.8) is 0 Å². The number of ether oxygens (including phenoxy) is 1. The molecule has 1 saturated heterocycles. The molecule has 1 fully saturated rings. The van der Waals surface area contributed by atoms with Gasteiger partial charge in [-0.25, -0.2) is 0 Å². The molecule has 1 aliphatic rings. The molecule has 0 saturated carbocycles. The van der Waals surface area contributed by atoms with Crippen LogP contribution in [-0.2, 0) is 4.74 Å². The predicted octanol–water partition coefficient (Wildman–Crippen LogP) is 1.20. The Morgan fingerprint density at radius 1 is 1.55 bits per heavy atom. The van der Waals surface area contributed by atoms with Crippen molar-refractivity contribution in [2.75, 3.05) is 24.7 Å². The Balaban J connectivity index is 2.40. The lowest BCUT2D eigenvalue weighted by Gasteiger charge is -2.40. The molecule has 5 heteroatoms. The van der Waals surface area contributed by atoms with Crippen molar-refractivity contribution in [1.82, 2.24) is 0 Å². The standard InChI is InChI=1S/C15H20N2O3/c1-10-9-20-13(8-18)7-17(10)15-5-12(6-16)3-4-14(15)11(2)19/h3-5,10-11,13,18-19H,7-9H2,1-2H3. The number of nitrogens with zero attached hydrogens (tertiary/aromatic N) is 2. The molecule has 0 amide bonds. The number of aliphatic hydroxyl groups excluding tert-OH is 2. The van der Waals surface area contributed by atoms with E-state index in [1.54, 1.807) is 25.1 Å². The highest BCUT2D eigenvalue weighted by Crippen LogP contribution is 2.31. The van der Waals surface area contributed by atoms with Crippen molar-refractivity contribution in [1.29, 1.82) is 5.26 Å². The fourth-order valence-electron chi connectivity index (χ4n) is 2.48. The summed E-state index contributed by atoms with van der Waals surface area (Å²) in [5, 5.41) is 28.2. The third-order valence-electron chi connectivity index (χ3n) is 3.63. The topological polar surface area (TPSA) is 76.7 Å². The molecule has 1 heterocycles. The molecule has 3 unspecified atom stereocenters. The van der Waals surface area contributed by atoms with Crippen LogP contribution in [0.4, 0.5) is 5.69 Å². The van der Waals surface area contributed by atoms with E-state index in [1.807, 2.05) is 6.92 Å². The summed E-state index contributed by atoms with van der Waals surface area (Å²) in [5.74, 6) is 0. The molecule has 108 valence electrons. The molecule has 2 N–H and O–H groups in total. The van der Waals surface area contributed by atoms with E-state index in [9.17, 15) is 10.2 Å². The summed E-state index contributed by atoms with van der Waals surface area (Å²) in [6.45, 7) is 4.76. The van der Waals surface area contributed by atoms with Crippen LogP contribution in [-0.4, -0.2) is 42.1 Å². The van der Waals surface area contributed by atoms with Gasteiger partial charge in [-0.1, -0.05) is 6.07 Å². The summed E-state index contributed by atoms with van der Waals surface area (Å²) in [4.78, 5) is 2.09. The van der Waals surface area contributed by atoms with Gasteiger partial charge < -0.3 is 19.8 Å². The minimum Gasteiger partial charge on any atom is -0.394 e. The molecule has 5 nitrogen and oxygen atoms in total. The van der Waals surface area contributed by atoms with Crippen LogP contribution < -0.4 is 4.90 Å². The third kappa shape index (κ3) is 2.93. The lowest BCUT2D eigenvalue weighted by molar-refractivity contribution is -0.0104. The molecule has 1 aromatic rings. The van der Waals surface area contributed by atoms with E-state index >= 15 is 0 Å². The Hall–Kier alpha value is -1.61. The zero-order chi connectivity index (χ0) is 14.7. The molecule has 0 aromatic heterocycles. The lowest BCUT2D eigenvalue weighted by Crippen LogP contribution is -2.50. The van der Waals surface area contributed by atoms with E-state index in [1.165, 1.54) is 0 Å². The number of hydrogen-bond donors (Lipinski definition) is 2. The number of benzene rings is 1. The van der Waals surface area contributed by atoms with Crippen molar-refractivity contribution in [2.45, 2.75) is 32.1 Å². The van der Waals surface area contributed by atoms with Gasteiger partial charge in [0.15, 0.2) is 0 Å². The average molecular weight is 276 g/mol. The largest absolute Gasteiger partial charge is 0.394 e. The van der Waals surface area contributed by atoms with Gasteiger partial charge in [-0.15, -0.1) is 0 Å². The monoisotopic (exact) mass is 276 g/mol. The van der Waals surface area contributed by atoms with Crippen LogP contribution in [0.3, 0.4) is 0 Å². The van der Waals surface area contributed by atoms with Gasteiger partial charge in [0.2, 0.25) is 0 Å². The summed E-state index contributed by atoms with van der Waals surface area (Å²) in [7, 11) is 0. The molecular weight excluding hydrogens is 256 g/mol. The highest BCUT2D eigenvalue weighted by atomic mass is 16.5. The summed E-state index contributed by atoms with van der Waals surface area (Å²) in [5.41, 5.74) is 2.19. The second-order valence-electron chi connectivity index (χ2n) is 5.20. The molecule has 1 aliphatic heterocycles. The number of nitriles is 1. The van der Waals surface area contributed by atoms with E-state index in [2.05, 4.69) is 11.0 Å². The molecule has 20 heavy (non-hydrogen) atoms. The second kappa shape index (κ2) is 6.23. The predicted molar refractivity (Wildman–Crippen MR) is 75.4 cm³/mol. The summed E-state index contributed by atoms with van der Waals surface area (Å²) in [6.07, 6.45) is -0.848. The Morgan fingerprint density at radius 2 is 2.30 bits per heavy atom. The quantitative estimate of drug-likeness (QED) is 0.867. The maximum atomic E-state index is 9.92. The van der Waals surface area contributed by atoms with E-state index in [0.717, 1.165) is 11.3 Å². The van der Waals surface area contributed by atoms with Crippen LogP contribution in [0.15, 0.2) is 18.2 Å². The van der Waals surface area contributed by atoms with E-state index in [0.29, 0.717) is 18.7 Å². The van der Waals surface area contributed by atoms with E-state index in [-0.39, 0.29) is 18.8 Å². The van der Waals surface area contributed by atoms with Gasteiger partial charge >= 0.3 is 0 Å². The van der Waals surface area contributed by atoms with Crippen molar-refractivity contribution in [3.8, 4) is 6.07 Å². The summed E-state index contributed by atoms with van der Waals surface area (Å²) < 4.78 is 5.53. The maximum absolute atomic E-state index is 9.92. The zero-order valence-electron chi connectivity index (χ0n) is 11.8. The SMILES string of the molecule is CC(O)c1ccc(C#N)cc1N1CC(CO)OCC1C. The zero-order valence-corrected chi connectivity index (χ0v) is 11.8. The first-order chi connectivity index (χ1) is 9.56. The van der Waals surface area contributed by atoms with Gasteiger partial charge in [-0.2, -0.15) is 5.26 Å². The van der Waals surface area contributed by atoms with E-state index in [4.69, 9.17) is 10.00 Å². The fourth-order valence-corrected chi connectivity index (χ4v) is 2.48. The summed E-state index contributed by atoms with van der Waals surface area (Å²) >= 11 is 0. The molecule has 0 spiro atoms. The van der Waals surface area contributed by atoms with Crippen molar-refractivity contribution >= 4 is 5.69 Å². The summed E-state index contributed by atoms with van der Waals surface area (Å²) in [6, 6.07) is 7.54. The van der Waals surface area contributed by atoms with Crippen molar-refractivity contribution in [3.05, 3.63) is 29.3 Å². The first-order valence-electron chi connectivity index (χ1n) is 6.78. The molecule has 0 bridgehead atoms. The van der Waals surface area contributed by atoms with Gasteiger partial charge in [-0.05, 0) is 26.0 Å². The first kappa shape index (κ1) is 14.8. The van der Waals surface area contributed by atoms with Gasteiger partial charge in [0.25, 0.3) is 0 Å². The maximum Gasteiger partial charge on any atom is 0.0992 e. The molecule has 1 aromatic carbocycles. The Kier molecular flexibility index (Phi) is 4.61. The van der Waals surface area contributed by atoms with Crippen LogP contribution in [0.2, 0.25) is 0 Å². The Bertz CT molecular complexity index is 510.